The predicted octanol–water partition coefficient (Wildman–Crippen LogP) is 4.57. The molecule has 0 aromatic heterocycles. The van der Waals surface area contributed by atoms with Crippen LogP contribution in [0.2, 0.25) is 0 Å². The van der Waals surface area contributed by atoms with E-state index in [1.165, 1.54) is 0 Å². The van der Waals surface area contributed by atoms with Crippen molar-refractivity contribution in [3.63, 3.8) is 0 Å². The molecule has 0 fully saturated rings. The van der Waals surface area contributed by atoms with Crippen molar-refractivity contribution in [2.75, 3.05) is 0 Å². The molecule has 2 heteroatoms. The van der Waals surface area contributed by atoms with Crippen LogP contribution in [0.4, 0.5) is 0 Å². The molecule has 0 unspecified atom stereocenters. The van der Waals surface area contributed by atoms with E-state index >= 15 is 0 Å². The van der Waals surface area contributed by atoms with E-state index in [1.807, 2.05) is 20.8 Å². The normalized spacial score (nSPS) is 12.9. The molecule has 0 atom stereocenters. The average molecular weight is 242 g/mol. The lowest BCUT2D eigenvalue weighted by atomic mass is 9.77. The maximum absolute atomic E-state index is 11.7. The first-order valence-electron chi connectivity index (χ1n) is 6.82. The smallest absolute Gasteiger partial charge is 0.306 e. The first-order valence-corrected chi connectivity index (χ1v) is 6.82. The third-order valence-electron chi connectivity index (χ3n) is 4.01. The molecule has 0 aliphatic carbocycles. The van der Waals surface area contributed by atoms with E-state index in [0.717, 1.165) is 19.3 Å². The van der Waals surface area contributed by atoms with Crippen LogP contribution in [-0.2, 0) is 9.53 Å². The predicted molar refractivity (Wildman–Crippen MR) is 72.9 cm³/mol. The lowest BCUT2D eigenvalue weighted by molar-refractivity contribution is -0.156. The zero-order valence-electron chi connectivity index (χ0n) is 12.7. The molecule has 0 saturated heterocycles. The van der Waals surface area contributed by atoms with Crippen LogP contribution in [0.15, 0.2) is 0 Å². The summed E-state index contributed by atoms with van der Waals surface area (Å²) < 4.78 is 5.42. The fourth-order valence-corrected chi connectivity index (χ4v) is 1.41. The van der Waals surface area contributed by atoms with Gasteiger partial charge in [0.15, 0.2) is 0 Å². The molecule has 0 spiro atoms. The summed E-state index contributed by atoms with van der Waals surface area (Å²) >= 11 is 0. The molecule has 0 saturated carbocycles. The van der Waals surface area contributed by atoms with Crippen molar-refractivity contribution in [2.45, 2.75) is 79.8 Å². The Bertz CT molecular complexity index is 239. The Hall–Kier alpha value is -0.530. The highest BCUT2D eigenvalue weighted by molar-refractivity contribution is 5.69. The van der Waals surface area contributed by atoms with Crippen LogP contribution in [0.25, 0.3) is 0 Å². The summed E-state index contributed by atoms with van der Waals surface area (Å²) in [5, 5.41) is 0. The van der Waals surface area contributed by atoms with Gasteiger partial charge in [-0.25, -0.2) is 0 Å². The highest BCUT2D eigenvalue weighted by Gasteiger charge is 2.24. The summed E-state index contributed by atoms with van der Waals surface area (Å²) in [6.45, 7) is 15.0. The van der Waals surface area contributed by atoms with Crippen molar-refractivity contribution in [3.8, 4) is 0 Å². The zero-order chi connectivity index (χ0) is 13.7. The third kappa shape index (κ3) is 6.70. The van der Waals surface area contributed by atoms with Gasteiger partial charge in [-0.15, -0.1) is 0 Å². The Balaban J connectivity index is 3.95. The SMILES string of the molecule is CCC(C)(C)OC(=O)CCCC(C)(C)C(C)C. The van der Waals surface area contributed by atoms with Gasteiger partial charge in [0.1, 0.15) is 5.60 Å². The van der Waals surface area contributed by atoms with Crippen molar-refractivity contribution >= 4 is 5.97 Å². The molecule has 0 aromatic carbocycles. The molecule has 102 valence electrons. The van der Waals surface area contributed by atoms with Gasteiger partial charge in [-0.2, -0.15) is 0 Å². The van der Waals surface area contributed by atoms with E-state index in [-0.39, 0.29) is 11.6 Å². The van der Waals surface area contributed by atoms with E-state index in [9.17, 15) is 4.79 Å². The van der Waals surface area contributed by atoms with Crippen LogP contribution >= 0.6 is 0 Å². The number of ether oxygens (including phenoxy) is 1. The summed E-state index contributed by atoms with van der Waals surface area (Å²) in [6.07, 6.45) is 3.39. The lowest BCUT2D eigenvalue weighted by Crippen LogP contribution is -2.27. The number of carbonyl (C=O) groups is 1. The van der Waals surface area contributed by atoms with Crippen molar-refractivity contribution in [2.24, 2.45) is 11.3 Å². The van der Waals surface area contributed by atoms with Gasteiger partial charge in [-0.3, -0.25) is 4.79 Å². The van der Waals surface area contributed by atoms with Crippen LogP contribution in [-0.4, -0.2) is 11.6 Å². The van der Waals surface area contributed by atoms with Crippen LogP contribution in [0.5, 0.6) is 0 Å². The van der Waals surface area contributed by atoms with Crippen molar-refractivity contribution in [1.82, 2.24) is 0 Å². The topological polar surface area (TPSA) is 26.3 Å². The quantitative estimate of drug-likeness (QED) is 0.611. The van der Waals surface area contributed by atoms with E-state index in [0.29, 0.717) is 17.8 Å². The van der Waals surface area contributed by atoms with Gasteiger partial charge in [0.05, 0.1) is 0 Å². The van der Waals surface area contributed by atoms with Gasteiger partial charge in [0, 0.05) is 6.42 Å². The fourth-order valence-electron chi connectivity index (χ4n) is 1.41. The Morgan fingerprint density at radius 2 is 1.71 bits per heavy atom. The molecule has 0 amide bonds. The summed E-state index contributed by atoms with van der Waals surface area (Å²) in [5.41, 5.74) is -0.00873. The number of hydrogen-bond acceptors (Lipinski definition) is 2. The number of hydrogen-bond donors (Lipinski definition) is 0. The van der Waals surface area contributed by atoms with Crippen molar-refractivity contribution < 1.29 is 9.53 Å². The van der Waals surface area contributed by atoms with Gasteiger partial charge in [0.2, 0.25) is 0 Å². The van der Waals surface area contributed by atoms with Crippen LogP contribution < -0.4 is 0 Å². The molecule has 0 bridgehead atoms. The zero-order valence-corrected chi connectivity index (χ0v) is 12.7. The second-order valence-corrected chi connectivity index (χ2v) is 6.58. The van der Waals surface area contributed by atoms with Crippen LogP contribution in [0.3, 0.4) is 0 Å². The summed E-state index contributed by atoms with van der Waals surface area (Å²) in [4.78, 5) is 11.7. The van der Waals surface area contributed by atoms with Gasteiger partial charge in [0.25, 0.3) is 0 Å². The van der Waals surface area contributed by atoms with Gasteiger partial charge < -0.3 is 4.74 Å². The average Bonchev–Trinajstić information content (AvgIpc) is 2.16. The summed E-state index contributed by atoms with van der Waals surface area (Å²) in [5.74, 6) is 0.585. The molecule has 0 rings (SSSR count). The van der Waals surface area contributed by atoms with E-state index < -0.39 is 0 Å². The highest BCUT2D eigenvalue weighted by atomic mass is 16.6. The van der Waals surface area contributed by atoms with Crippen LogP contribution in [0, 0.1) is 11.3 Å². The Morgan fingerprint density at radius 3 is 2.12 bits per heavy atom. The van der Waals surface area contributed by atoms with Gasteiger partial charge >= 0.3 is 5.97 Å². The van der Waals surface area contributed by atoms with Gasteiger partial charge in [-0.1, -0.05) is 34.6 Å². The lowest BCUT2D eigenvalue weighted by Gasteiger charge is -2.29. The second kappa shape index (κ2) is 6.42. The Morgan fingerprint density at radius 1 is 1.18 bits per heavy atom. The number of carbonyl (C=O) groups excluding carboxylic acids is 1. The Labute approximate surface area is 107 Å². The Kier molecular flexibility index (Phi) is 6.22. The second-order valence-electron chi connectivity index (χ2n) is 6.58. The van der Waals surface area contributed by atoms with Crippen molar-refractivity contribution in [3.05, 3.63) is 0 Å². The largest absolute Gasteiger partial charge is 0.460 e. The monoisotopic (exact) mass is 242 g/mol. The molecule has 0 N–H and O–H groups in total. The molecule has 0 aromatic rings. The minimum atomic E-state index is -0.315. The number of rotatable bonds is 7. The van der Waals surface area contributed by atoms with Crippen molar-refractivity contribution in [1.29, 1.82) is 0 Å². The molecule has 2 nitrogen and oxygen atoms in total. The minimum Gasteiger partial charge on any atom is -0.460 e. The molecule has 0 aliphatic heterocycles. The molecular weight excluding hydrogens is 212 g/mol. The molecule has 0 radical (unpaired) electrons. The molecular formula is C15H30O2. The molecule has 0 aliphatic rings. The number of esters is 1. The molecule has 0 heterocycles. The summed E-state index contributed by atoms with van der Waals surface area (Å²) in [6, 6.07) is 0. The fraction of sp³-hybridized carbons (Fsp3) is 0.933. The first kappa shape index (κ1) is 16.5. The van der Waals surface area contributed by atoms with E-state index in [4.69, 9.17) is 4.74 Å². The maximum atomic E-state index is 11.7. The van der Waals surface area contributed by atoms with E-state index in [2.05, 4.69) is 27.7 Å². The first-order chi connectivity index (χ1) is 7.60. The van der Waals surface area contributed by atoms with Gasteiger partial charge in [-0.05, 0) is 44.4 Å². The van der Waals surface area contributed by atoms with E-state index in [1.54, 1.807) is 0 Å². The third-order valence-corrected chi connectivity index (χ3v) is 4.01. The van der Waals surface area contributed by atoms with Crippen LogP contribution in [0.1, 0.15) is 74.1 Å². The summed E-state index contributed by atoms with van der Waals surface area (Å²) in [7, 11) is 0. The molecule has 17 heavy (non-hydrogen) atoms. The maximum Gasteiger partial charge on any atom is 0.306 e. The highest BCUT2D eigenvalue weighted by Crippen LogP contribution is 2.32. The standard InChI is InChI=1S/C15H30O2/c1-8-15(6,7)17-13(16)10-9-11-14(4,5)12(2)3/h12H,8-11H2,1-7H3. The minimum absolute atomic E-state index is 0.0589.